The van der Waals surface area contributed by atoms with Crippen LogP contribution in [0, 0.1) is 0 Å². The van der Waals surface area contributed by atoms with Gasteiger partial charge >= 0.3 is 0 Å². The van der Waals surface area contributed by atoms with E-state index in [1.807, 2.05) is 42.5 Å². The Morgan fingerprint density at radius 3 is 2.60 bits per heavy atom. The van der Waals surface area contributed by atoms with Gasteiger partial charge in [-0.3, -0.25) is 4.79 Å². The van der Waals surface area contributed by atoms with Crippen LogP contribution in [0.25, 0.3) is 11.1 Å². The van der Waals surface area contributed by atoms with Gasteiger partial charge in [-0.15, -0.1) is 11.3 Å². The summed E-state index contributed by atoms with van der Waals surface area (Å²) >= 11 is 1.67. The molecule has 2 heterocycles. The fraction of sp³-hybridized carbons (Fsp3) is 0.292. The lowest BCUT2D eigenvalue weighted by atomic mass is 9.88. The normalized spacial score (nSPS) is 15.3. The van der Waals surface area contributed by atoms with E-state index in [-0.39, 0.29) is 11.8 Å². The second-order valence-corrected chi connectivity index (χ2v) is 8.06. The highest BCUT2D eigenvalue weighted by Gasteiger charge is 2.33. The summed E-state index contributed by atoms with van der Waals surface area (Å²) in [6, 6.07) is 13.8. The van der Waals surface area contributed by atoms with E-state index >= 15 is 0 Å². The number of amides is 1. The summed E-state index contributed by atoms with van der Waals surface area (Å²) in [4.78, 5) is 13.8. The molecule has 0 aliphatic carbocycles. The number of benzene rings is 2. The first-order chi connectivity index (χ1) is 14.7. The first-order valence-corrected chi connectivity index (χ1v) is 10.9. The molecule has 156 valence electrons. The van der Waals surface area contributed by atoms with Gasteiger partial charge in [0.1, 0.15) is 5.75 Å². The Balaban J connectivity index is 1.78. The molecule has 1 aromatic heterocycles. The lowest BCUT2D eigenvalue weighted by Gasteiger charge is -2.26. The summed E-state index contributed by atoms with van der Waals surface area (Å²) in [5, 5.41) is 5.20. The van der Waals surface area contributed by atoms with Crippen LogP contribution >= 0.6 is 11.3 Å². The zero-order chi connectivity index (χ0) is 21.1. The minimum absolute atomic E-state index is 0.00456. The van der Waals surface area contributed by atoms with Crippen molar-refractivity contribution >= 4 is 22.9 Å². The number of hydrogen-bond acceptors (Lipinski definition) is 5. The van der Waals surface area contributed by atoms with E-state index in [1.54, 1.807) is 25.6 Å². The molecule has 1 amide bonds. The van der Waals surface area contributed by atoms with Gasteiger partial charge in [-0.05, 0) is 30.2 Å². The maximum atomic E-state index is 12.7. The quantitative estimate of drug-likeness (QED) is 0.530. The number of ether oxygens (including phenoxy) is 3. The summed E-state index contributed by atoms with van der Waals surface area (Å²) in [5.74, 6) is 2.16. The van der Waals surface area contributed by atoms with Gasteiger partial charge < -0.3 is 19.5 Å². The van der Waals surface area contributed by atoms with Crippen LogP contribution in [-0.4, -0.2) is 26.7 Å². The molecule has 0 fully saturated rings. The monoisotopic (exact) mass is 423 g/mol. The molecule has 4 rings (SSSR count). The first kappa shape index (κ1) is 20.3. The highest BCUT2D eigenvalue weighted by atomic mass is 32.1. The number of nitrogens with one attached hydrogen (secondary N) is 1. The van der Waals surface area contributed by atoms with Crippen molar-refractivity contribution in [2.45, 2.75) is 25.7 Å². The number of hydrogen-bond donors (Lipinski definition) is 1. The van der Waals surface area contributed by atoms with E-state index in [1.165, 1.54) is 0 Å². The predicted molar refractivity (Wildman–Crippen MR) is 120 cm³/mol. The van der Waals surface area contributed by atoms with Gasteiger partial charge in [0, 0.05) is 33.7 Å². The molecule has 3 aromatic rings. The van der Waals surface area contributed by atoms with Crippen LogP contribution < -0.4 is 19.5 Å². The van der Waals surface area contributed by atoms with Gasteiger partial charge in [0.25, 0.3) is 0 Å². The topological polar surface area (TPSA) is 56.8 Å². The molecule has 1 aliphatic heterocycles. The van der Waals surface area contributed by atoms with Gasteiger partial charge in [0.05, 0.1) is 26.5 Å². The number of anilines is 1. The fourth-order valence-electron chi connectivity index (χ4n) is 3.79. The molecule has 0 bridgehead atoms. The van der Waals surface area contributed by atoms with Crippen LogP contribution in [0.2, 0.25) is 0 Å². The molecule has 2 aromatic carbocycles. The van der Waals surface area contributed by atoms with E-state index in [2.05, 4.69) is 17.6 Å². The Kier molecular flexibility index (Phi) is 5.95. The number of thiophene rings is 1. The molecule has 1 unspecified atom stereocenters. The molecule has 0 saturated heterocycles. The second-order valence-electron chi connectivity index (χ2n) is 7.15. The standard InChI is InChI=1S/C24H25NO4S/c1-4-12-29-23-17(6-5-7-20(23)28-3)18-13-21(26)25-22-19(14-30-24(18)22)15-8-10-16(27-2)11-9-15/h5-11,14,18H,4,12-13H2,1-3H3,(H,25,26). The maximum Gasteiger partial charge on any atom is 0.225 e. The summed E-state index contributed by atoms with van der Waals surface area (Å²) < 4.78 is 16.9. The molecule has 30 heavy (non-hydrogen) atoms. The summed E-state index contributed by atoms with van der Waals surface area (Å²) in [5.41, 5.74) is 3.94. The zero-order valence-electron chi connectivity index (χ0n) is 17.4. The molecule has 1 aliphatic rings. The molecule has 6 heteroatoms. The number of rotatable bonds is 7. The van der Waals surface area contributed by atoms with E-state index in [0.29, 0.717) is 18.8 Å². The van der Waals surface area contributed by atoms with Gasteiger partial charge in [-0.25, -0.2) is 0 Å². The van der Waals surface area contributed by atoms with Crippen LogP contribution in [0.4, 0.5) is 5.69 Å². The van der Waals surface area contributed by atoms with Crippen molar-refractivity contribution in [2.75, 3.05) is 26.1 Å². The highest BCUT2D eigenvalue weighted by molar-refractivity contribution is 7.11. The van der Waals surface area contributed by atoms with Crippen LogP contribution in [-0.2, 0) is 4.79 Å². The van der Waals surface area contributed by atoms with Crippen molar-refractivity contribution in [1.29, 1.82) is 0 Å². The average molecular weight is 424 g/mol. The molecular formula is C24H25NO4S. The van der Waals surface area contributed by atoms with Crippen molar-refractivity contribution in [3.05, 3.63) is 58.3 Å². The second kappa shape index (κ2) is 8.79. The minimum Gasteiger partial charge on any atom is -0.497 e. The number of fused-ring (bicyclic) bond motifs is 1. The molecule has 0 spiro atoms. The van der Waals surface area contributed by atoms with E-state index in [9.17, 15) is 4.79 Å². The highest BCUT2D eigenvalue weighted by Crippen LogP contribution is 2.49. The maximum absolute atomic E-state index is 12.7. The first-order valence-electron chi connectivity index (χ1n) is 10.0. The van der Waals surface area contributed by atoms with Gasteiger partial charge in [0.2, 0.25) is 5.91 Å². The van der Waals surface area contributed by atoms with Gasteiger partial charge in [0.15, 0.2) is 11.5 Å². The molecule has 5 nitrogen and oxygen atoms in total. The van der Waals surface area contributed by atoms with Crippen LogP contribution in [0.5, 0.6) is 17.2 Å². The third-order valence-electron chi connectivity index (χ3n) is 5.25. The molecule has 1 atom stereocenters. The van der Waals surface area contributed by atoms with Crippen molar-refractivity contribution in [1.82, 2.24) is 0 Å². The zero-order valence-corrected chi connectivity index (χ0v) is 18.2. The fourth-order valence-corrected chi connectivity index (χ4v) is 4.94. The van der Waals surface area contributed by atoms with Crippen molar-refractivity contribution in [2.24, 2.45) is 0 Å². The Morgan fingerprint density at radius 2 is 1.90 bits per heavy atom. The minimum atomic E-state index is -0.0762. The van der Waals surface area contributed by atoms with Crippen molar-refractivity contribution < 1.29 is 19.0 Å². The van der Waals surface area contributed by atoms with Crippen LogP contribution in [0.3, 0.4) is 0 Å². The predicted octanol–water partition coefficient (Wildman–Crippen LogP) is 5.70. The average Bonchev–Trinajstić information content (AvgIpc) is 3.20. The van der Waals surface area contributed by atoms with Crippen molar-refractivity contribution in [3.8, 4) is 28.4 Å². The molecule has 0 saturated carbocycles. The third kappa shape index (κ3) is 3.75. The van der Waals surface area contributed by atoms with E-state index < -0.39 is 0 Å². The number of methoxy groups -OCH3 is 2. The Morgan fingerprint density at radius 1 is 1.10 bits per heavy atom. The van der Waals surface area contributed by atoms with E-state index in [4.69, 9.17) is 14.2 Å². The van der Waals surface area contributed by atoms with Gasteiger partial charge in [-0.2, -0.15) is 0 Å². The smallest absolute Gasteiger partial charge is 0.225 e. The number of carbonyl (C=O) groups is 1. The number of carbonyl (C=O) groups excluding carboxylic acids is 1. The van der Waals surface area contributed by atoms with Crippen LogP contribution in [0.1, 0.15) is 36.1 Å². The van der Waals surface area contributed by atoms with Crippen molar-refractivity contribution in [3.63, 3.8) is 0 Å². The Hall–Kier alpha value is -2.99. The third-order valence-corrected chi connectivity index (χ3v) is 6.34. The summed E-state index contributed by atoms with van der Waals surface area (Å²) in [7, 11) is 3.29. The molecular weight excluding hydrogens is 398 g/mol. The SMILES string of the molecule is CCCOc1c(OC)cccc1C1CC(=O)Nc2c(-c3ccc(OC)cc3)csc21. The largest absolute Gasteiger partial charge is 0.497 e. The Bertz CT molecular complexity index is 1040. The molecule has 1 N–H and O–H groups in total. The lowest BCUT2D eigenvalue weighted by molar-refractivity contribution is -0.116. The van der Waals surface area contributed by atoms with Crippen LogP contribution in [0.15, 0.2) is 47.8 Å². The van der Waals surface area contributed by atoms with Gasteiger partial charge in [-0.1, -0.05) is 31.2 Å². The Labute approximate surface area is 180 Å². The van der Waals surface area contributed by atoms with E-state index in [0.717, 1.165) is 45.2 Å². The summed E-state index contributed by atoms with van der Waals surface area (Å²) in [6.07, 6.45) is 1.28. The number of para-hydroxylation sites is 1. The lowest BCUT2D eigenvalue weighted by Crippen LogP contribution is -2.23. The summed E-state index contributed by atoms with van der Waals surface area (Å²) in [6.45, 7) is 2.67. The molecule has 0 radical (unpaired) electrons.